The topological polar surface area (TPSA) is 38.7 Å². The summed E-state index contributed by atoms with van der Waals surface area (Å²) in [6.45, 7) is 0. The van der Waals surface area contributed by atoms with Gasteiger partial charge in [-0.15, -0.1) is 11.3 Å². The molecule has 4 heteroatoms. The van der Waals surface area contributed by atoms with Crippen LogP contribution in [0.4, 0.5) is 0 Å². The van der Waals surface area contributed by atoms with Crippen molar-refractivity contribution in [1.29, 1.82) is 0 Å². The summed E-state index contributed by atoms with van der Waals surface area (Å²) in [6.07, 6.45) is 1.94. The summed E-state index contributed by atoms with van der Waals surface area (Å²) in [5.74, 6) is 0.700. The van der Waals surface area contributed by atoms with E-state index in [-0.39, 0.29) is 0 Å². The van der Waals surface area contributed by atoms with Crippen molar-refractivity contribution in [2.24, 2.45) is 0 Å². The molecule has 0 spiro atoms. The average Bonchev–Trinajstić information content (AvgIpc) is 3.60. The summed E-state index contributed by atoms with van der Waals surface area (Å²) in [5.41, 5.74) is 10.5. The molecular formula is C47H29N3S. The molecule has 3 aromatic heterocycles. The molecule has 0 atom stereocenters. The number of rotatable bonds is 5. The molecule has 3 heterocycles. The summed E-state index contributed by atoms with van der Waals surface area (Å²) in [7, 11) is 0. The van der Waals surface area contributed by atoms with Gasteiger partial charge in [-0.2, -0.15) is 0 Å². The molecule has 0 bridgehead atoms. The maximum Gasteiger partial charge on any atom is 0.160 e. The van der Waals surface area contributed by atoms with Crippen molar-refractivity contribution >= 4 is 53.2 Å². The van der Waals surface area contributed by atoms with Crippen LogP contribution in [-0.4, -0.2) is 15.0 Å². The van der Waals surface area contributed by atoms with Gasteiger partial charge in [-0.1, -0.05) is 127 Å². The SMILES string of the molecule is c1ccc(-c2cc(-c3cc(-c4cc5ccccc5c5ccccc45)cc(-c4ccnc5c4sc4ccccc45)c3)nc(-c3ccccc3)n2)cc1. The van der Waals surface area contributed by atoms with Crippen molar-refractivity contribution in [3.8, 4) is 56.2 Å². The first-order chi connectivity index (χ1) is 25.3. The average molecular weight is 668 g/mol. The quantitative estimate of drug-likeness (QED) is 0.171. The number of benzene rings is 7. The summed E-state index contributed by atoms with van der Waals surface area (Å²) in [4.78, 5) is 15.2. The molecule has 0 radical (unpaired) electrons. The fourth-order valence-electron chi connectivity index (χ4n) is 7.28. The first-order valence-electron chi connectivity index (χ1n) is 17.1. The Balaban J connectivity index is 1.28. The number of pyridine rings is 1. The van der Waals surface area contributed by atoms with E-state index in [1.165, 1.54) is 41.9 Å². The molecule has 10 aromatic rings. The second kappa shape index (κ2) is 12.1. The second-order valence-electron chi connectivity index (χ2n) is 12.8. The number of thiophene rings is 1. The molecule has 0 saturated heterocycles. The summed E-state index contributed by atoms with van der Waals surface area (Å²) >= 11 is 1.80. The molecule has 0 aliphatic rings. The smallest absolute Gasteiger partial charge is 0.160 e. The Morgan fingerprint density at radius 3 is 1.76 bits per heavy atom. The lowest BCUT2D eigenvalue weighted by Gasteiger charge is -2.15. The van der Waals surface area contributed by atoms with Gasteiger partial charge in [0.15, 0.2) is 5.82 Å². The van der Waals surface area contributed by atoms with Crippen LogP contribution in [0.3, 0.4) is 0 Å². The highest BCUT2D eigenvalue weighted by molar-refractivity contribution is 7.26. The van der Waals surface area contributed by atoms with Crippen molar-refractivity contribution in [3.05, 3.63) is 176 Å². The Hall–Kier alpha value is -6.49. The third-order valence-corrected chi connectivity index (χ3v) is 10.9. The van der Waals surface area contributed by atoms with E-state index in [9.17, 15) is 0 Å². The van der Waals surface area contributed by atoms with Crippen molar-refractivity contribution in [1.82, 2.24) is 15.0 Å². The minimum atomic E-state index is 0.700. The van der Waals surface area contributed by atoms with E-state index in [1.54, 1.807) is 11.3 Å². The Kier molecular flexibility index (Phi) is 7.00. The van der Waals surface area contributed by atoms with Crippen LogP contribution in [0, 0.1) is 0 Å². The van der Waals surface area contributed by atoms with Gasteiger partial charge < -0.3 is 0 Å². The monoisotopic (exact) mass is 667 g/mol. The number of nitrogens with zero attached hydrogens (tertiary/aromatic N) is 3. The molecule has 51 heavy (non-hydrogen) atoms. The molecule has 3 nitrogen and oxygen atoms in total. The van der Waals surface area contributed by atoms with Crippen LogP contribution in [0.25, 0.3) is 98.0 Å². The van der Waals surface area contributed by atoms with Gasteiger partial charge in [0.25, 0.3) is 0 Å². The molecule has 0 amide bonds. The molecule has 10 rings (SSSR count). The summed E-state index contributed by atoms with van der Waals surface area (Å²) < 4.78 is 2.42. The van der Waals surface area contributed by atoms with E-state index in [1.807, 2.05) is 30.5 Å². The van der Waals surface area contributed by atoms with E-state index < -0.39 is 0 Å². The predicted molar refractivity (Wildman–Crippen MR) is 215 cm³/mol. The van der Waals surface area contributed by atoms with Crippen LogP contribution < -0.4 is 0 Å². The van der Waals surface area contributed by atoms with Gasteiger partial charge in [0.1, 0.15) is 0 Å². The maximum atomic E-state index is 5.26. The van der Waals surface area contributed by atoms with E-state index >= 15 is 0 Å². The van der Waals surface area contributed by atoms with Gasteiger partial charge in [-0.3, -0.25) is 4.98 Å². The summed E-state index contributed by atoms with van der Waals surface area (Å²) in [6, 6.07) is 60.2. The number of aromatic nitrogens is 3. The zero-order valence-electron chi connectivity index (χ0n) is 27.5. The zero-order valence-corrected chi connectivity index (χ0v) is 28.3. The van der Waals surface area contributed by atoms with Crippen LogP contribution in [0.15, 0.2) is 176 Å². The number of hydrogen-bond donors (Lipinski definition) is 0. The molecule has 0 saturated carbocycles. The molecule has 0 aliphatic heterocycles. The minimum absolute atomic E-state index is 0.700. The van der Waals surface area contributed by atoms with Gasteiger partial charge in [-0.25, -0.2) is 9.97 Å². The zero-order chi connectivity index (χ0) is 33.7. The minimum Gasteiger partial charge on any atom is -0.255 e. The van der Waals surface area contributed by atoms with Gasteiger partial charge in [0, 0.05) is 38.5 Å². The first kappa shape index (κ1) is 29.4. The van der Waals surface area contributed by atoms with Gasteiger partial charge in [0.05, 0.1) is 21.6 Å². The second-order valence-corrected chi connectivity index (χ2v) is 13.9. The highest BCUT2D eigenvalue weighted by Gasteiger charge is 2.18. The van der Waals surface area contributed by atoms with Crippen LogP contribution in [0.2, 0.25) is 0 Å². The standard InChI is InChI=1S/C47H29N3S/c1-3-13-30(14-4-1)42-29-43(50-47(49-42)31-15-5-2-6-16-31)35-26-33(37-23-24-48-45-40-21-11-12-22-44(40)51-46(37)45)25-34(27-35)41-28-32-17-7-8-18-36(32)38-19-9-10-20-39(38)41/h1-29H. The van der Waals surface area contributed by atoms with Crippen LogP contribution in [0.5, 0.6) is 0 Å². The highest BCUT2D eigenvalue weighted by Crippen LogP contribution is 2.43. The fraction of sp³-hybridized carbons (Fsp3) is 0. The van der Waals surface area contributed by atoms with Crippen molar-refractivity contribution in [2.45, 2.75) is 0 Å². The molecule has 0 N–H and O–H groups in total. The van der Waals surface area contributed by atoms with E-state index in [0.717, 1.165) is 50.3 Å². The number of hydrogen-bond acceptors (Lipinski definition) is 4. The molecule has 7 aromatic carbocycles. The van der Waals surface area contributed by atoms with Gasteiger partial charge in [0.2, 0.25) is 0 Å². The maximum absolute atomic E-state index is 5.26. The predicted octanol–water partition coefficient (Wildman–Crippen LogP) is 12.9. The lowest BCUT2D eigenvalue weighted by molar-refractivity contribution is 1.18. The first-order valence-corrected chi connectivity index (χ1v) is 17.9. The van der Waals surface area contributed by atoms with E-state index in [2.05, 4.69) is 146 Å². The van der Waals surface area contributed by atoms with E-state index in [0.29, 0.717) is 5.82 Å². The van der Waals surface area contributed by atoms with E-state index in [4.69, 9.17) is 15.0 Å². The molecule has 0 fully saturated rings. The van der Waals surface area contributed by atoms with Crippen molar-refractivity contribution < 1.29 is 0 Å². The molecule has 0 aliphatic carbocycles. The highest BCUT2D eigenvalue weighted by atomic mass is 32.1. The Morgan fingerprint density at radius 1 is 0.392 bits per heavy atom. The molecule has 0 unspecified atom stereocenters. The third kappa shape index (κ3) is 5.16. The van der Waals surface area contributed by atoms with Gasteiger partial charge >= 0.3 is 0 Å². The Morgan fingerprint density at radius 2 is 0.980 bits per heavy atom. The van der Waals surface area contributed by atoms with Crippen molar-refractivity contribution in [2.75, 3.05) is 0 Å². The lowest BCUT2D eigenvalue weighted by Crippen LogP contribution is -1.96. The Labute approximate surface area is 299 Å². The number of fused-ring (bicyclic) bond motifs is 6. The van der Waals surface area contributed by atoms with Crippen LogP contribution >= 0.6 is 11.3 Å². The third-order valence-electron chi connectivity index (χ3n) is 9.71. The van der Waals surface area contributed by atoms with Crippen molar-refractivity contribution in [3.63, 3.8) is 0 Å². The lowest BCUT2D eigenvalue weighted by atomic mass is 9.90. The van der Waals surface area contributed by atoms with Crippen LogP contribution in [0.1, 0.15) is 0 Å². The van der Waals surface area contributed by atoms with Crippen LogP contribution in [-0.2, 0) is 0 Å². The fourth-order valence-corrected chi connectivity index (χ4v) is 8.48. The van der Waals surface area contributed by atoms with Gasteiger partial charge in [-0.05, 0) is 80.7 Å². The molecular weight excluding hydrogens is 639 g/mol. The largest absolute Gasteiger partial charge is 0.255 e. The molecule has 238 valence electrons. The normalized spacial score (nSPS) is 11.5. The Bertz CT molecular complexity index is 2860. The summed E-state index contributed by atoms with van der Waals surface area (Å²) in [5, 5.41) is 6.12.